The van der Waals surface area contributed by atoms with Gasteiger partial charge in [0.25, 0.3) is 0 Å². The molecule has 0 unspecified atom stereocenters. The lowest BCUT2D eigenvalue weighted by Gasteiger charge is -2.05. The first-order valence-electron chi connectivity index (χ1n) is 5.56. The predicted octanol–water partition coefficient (Wildman–Crippen LogP) is 4.60. The molecule has 0 aliphatic carbocycles. The van der Waals surface area contributed by atoms with Crippen molar-refractivity contribution in [2.45, 2.75) is 39.5 Å². The van der Waals surface area contributed by atoms with Crippen molar-refractivity contribution in [1.82, 2.24) is 0 Å². The number of unbranched alkanes of at least 4 members (excludes halogenated alkanes) is 2. The number of rotatable bonds is 5. The van der Waals surface area contributed by atoms with Gasteiger partial charge in [-0.3, -0.25) is 0 Å². The van der Waals surface area contributed by atoms with Crippen molar-refractivity contribution in [3.05, 3.63) is 29.1 Å². The third-order valence-electron chi connectivity index (χ3n) is 2.54. The van der Waals surface area contributed by atoms with E-state index in [0.29, 0.717) is 5.69 Å². The zero-order valence-corrected chi connectivity index (χ0v) is 10.5. The molecule has 0 spiro atoms. The summed E-state index contributed by atoms with van der Waals surface area (Å²) in [6.45, 7) is 4.00. The molecule has 86 valence electrons. The van der Waals surface area contributed by atoms with E-state index in [2.05, 4.69) is 29.3 Å². The fraction of sp³-hybridized carbons (Fsp3) is 0.462. The summed E-state index contributed by atoms with van der Waals surface area (Å²) in [5, 5.41) is 2.21. The lowest BCUT2D eigenvalue weighted by atomic mass is 10.0. The Morgan fingerprint density at radius 3 is 2.69 bits per heavy atom. The van der Waals surface area contributed by atoms with Crippen LogP contribution in [-0.4, -0.2) is 5.16 Å². The van der Waals surface area contributed by atoms with Crippen LogP contribution < -0.4 is 0 Å². The highest BCUT2D eigenvalue weighted by atomic mass is 32.1. The van der Waals surface area contributed by atoms with Crippen LogP contribution in [0.25, 0.3) is 0 Å². The van der Waals surface area contributed by atoms with E-state index in [0.717, 1.165) is 24.0 Å². The van der Waals surface area contributed by atoms with Gasteiger partial charge in [0.15, 0.2) is 0 Å². The van der Waals surface area contributed by atoms with Crippen molar-refractivity contribution >= 4 is 23.1 Å². The van der Waals surface area contributed by atoms with Gasteiger partial charge < -0.3 is 0 Å². The number of benzene rings is 1. The third-order valence-corrected chi connectivity index (χ3v) is 2.63. The molecular weight excluding hydrogens is 221 g/mol. The lowest BCUT2D eigenvalue weighted by Crippen LogP contribution is -1.90. The van der Waals surface area contributed by atoms with Gasteiger partial charge in [0.1, 0.15) is 11.5 Å². The van der Waals surface area contributed by atoms with Gasteiger partial charge in [0.05, 0.1) is 5.16 Å². The van der Waals surface area contributed by atoms with Crippen molar-refractivity contribution in [3.63, 3.8) is 0 Å². The zero-order valence-electron chi connectivity index (χ0n) is 9.72. The van der Waals surface area contributed by atoms with Gasteiger partial charge in [-0.25, -0.2) is 4.39 Å². The van der Waals surface area contributed by atoms with Crippen LogP contribution in [0.3, 0.4) is 0 Å². The van der Waals surface area contributed by atoms with Crippen molar-refractivity contribution in [2.75, 3.05) is 0 Å². The molecule has 16 heavy (non-hydrogen) atoms. The van der Waals surface area contributed by atoms with Gasteiger partial charge in [0.2, 0.25) is 0 Å². The van der Waals surface area contributed by atoms with Crippen molar-refractivity contribution < 1.29 is 4.39 Å². The second kappa shape index (κ2) is 6.51. The lowest BCUT2D eigenvalue weighted by molar-refractivity contribution is 0.624. The molecule has 0 heterocycles. The Kier molecular flexibility index (Phi) is 5.30. The Morgan fingerprint density at radius 2 is 2.12 bits per heavy atom. The van der Waals surface area contributed by atoms with Crippen LogP contribution >= 0.6 is 12.2 Å². The molecule has 0 aromatic heterocycles. The Hall–Kier alpha value is -1.05. The van der Waals surface area contributed by atoms with Gasteiger partial charge in [-0.15, -0.1) is 0 Å². The zero-order chi connectivity index (χ0) is 12.0. The summed E-state index contributed by atoms with van der Waals surface area (Å²) >= 11 is 4.49. The molecule has 3 heteroatoms. The SMILES string of the molecule is CCCCCc1cc(C)c(N=C=S)c(F)c1. The number of hydrogen-bond acceptors (Lipinski definition) is 2. The first kappa shape index (κ1) is 13.0. The summed E-state index contributed by atoms with van der Waals surface area (Å²) in [5.41, 5.74) is 2.17. The maximum atomic E-state index is 13.6. The highest BCUT2D eigenvalue weighted by Gasteiger charge is 2.06. The topological polar surface area (TPSA) is 12.4 Å². The number of aliphatic imine (C=N–C) groups is 1. The minimum absolute atomic E-state index is 0.302. The average molecular weight is 237 g/mol. The van der Waals surface area contributed by atoms with Crippen molar-refractivity contribution in [1.29, 1.82) is 0 Å². The standard InChI is InChI=1S/C13H16FNS/c1-3-4-5-6-11-7-10(2)13(15-9-16)12(14)8-11/h7-8H,3-6H2,1-2H3. The molecule has 0 aliphatic rings. The Bertz CT molecular complexity index is 385. The van der Waals surface area contributed by atoms with E-state index < -0.39 is 0 Å². The summed E-state index contributed by atoms with van der Waals surface area (Å²) in [6, 6.07) is 3.53. The average Bonchev–Trinajstić information content (AvgIpc) is 2.24. The summed E-state index contributed by atoms with van der Waals surface area (Å²) in [5.74, 6) is -0.302. The molecule has 0 radical (unpaired) electrons. The molecule has 1 nitrogen and oxygen atoms in total. The minimum atomic E-state index is -0.302. The van der Waals surface area contributed by atoms with E-state index in [1.54, 1.807) is 6.07 Å². The van der Waals surface area contributed by atoms with Crippen molar-refractivity contribution in [3.8, 4) is 0 Å². The number of thiocarbonyl (C=S) groups is 1. The number of halogens is 1. The normalized spacial score (nSPS) is 9.94. The van der Waals surface area contributed by atoms with E-state index in [9.17, 15) is 4.39 Å². The van der Waals surface area contributed by atoms with E-state index in [1.165, 1.54) is 12.8 Å². The second-order valence-corrected chi connectivity index (χ2v) is 4.09. The van der Waals surface area contributed by atoms with E-state index in [-0.39, 0.29) is 5.82 Å². The Morgan fingerprint density at radius 1 is 1.38 bits per heavy atom. The van der Waals surface area contributed by atoms with Crippen molar-refractivity contribution in [2.24, 2.45) is 4.99 Å². The van der Waals surface area contributed by atoms with Gasteiger partial charge in [-0.05, 0) is 49.2 Å². The van der Waals surface area contributed by atoms with Crippen LogP contribution in [0.15, 0.2) is 17.1 Å². The third kappa shape index (κ3) is 3.51. The monoisotopic (exact) mass is 237 g/mol. The highest BCUT2D eigenvalue weighted by molar-refractivity contribution is 7.78. The van der Waals surface area contributed by atoms with Crippen LogP contribution in [0.1, 0.15) is 37.3 Å². The predicted molar refractivity (Wildman–Crippen MR) is 69.1 cm³/mol. The second-order valence-electron chi connectivity index (χ2n) is 3.90. The molecule has 1 rings (SSSR count). The summed E-state index contributed by atoms with van der Waals surface area (Å²) in [4.78, 5) is 3.73. The molecule has 0 saturated carbocycles. The van der Waals surface area contributed by atoms with Crippen LogP contribution in [0.5, 0.6) is 0 Å². The number of hydrogen-bond donors (Lipinski definition) is 0. The van der Waals surface area contributed by atoms with Crippen LogP contribution in [0.2, 0.25) is 0 Å². The highest BCUT2D eigenvalue weighted by Crippen LogP contribution is 2.24. The molecule has 0 atom stereocenters. The summed E-state index contributed by atoms with van der Waals surface area (Å²) in [7, 11) is 0. The van der Waals surface area contributed by atoms with Gasteiger partial charge in [-0.2, -0.15) is 4.99 Å². The fourth-order valence-corrected chi connectivity index (χ4v) is 1.81. The molecule has 1 aromatic carbocycles. The molecule has 0 amide bonds. The van der Waals surface area contributed by atoms with E-state index >= 15 is 0 Å². The maximum absolute atomic E-state index is 13.6. The summed E-state index contributed by atoms with van der Waals surface area (Å²) < 4.78 is 13.6. The number of aryl methyl sites for hydroxylation is 2. The molecule has 0 N–H and O–H groups in total. The fourth-order valence-electron chi connectivity index (χ4n) is 1.72. The molecule has 0 saturated heterocycles. The van der Waals surface area contributed by atoms with Crippen LogP contribution in [-0.2, 0) is 6.42 Å². The molecule has 0 aliphatic heterocycles. The quantitative estimate of drug-likeness (QED) is 0.414. The molecular formula is C13H16FNS. The van der Waals surface area contributed by atoms with Gasteiger partial charge in [0, 0.05) is 0 Å². The Balaban J connectivity index is 2.87. The minimum Gasteiger partial charge on any atom is -0.205 e. The van der Waals surface area contributed by atoms with Crippen LogP contribution in [0.4, 0.5) is 10.1 Å². The van der Waals surface area contributed by atoms with Crippen LogP contribution in [0, 0.1) is 12.7 Å². The number of isothiocyanates is 1. The van der Waals surface area contributed by atoms with Gasteiger partial charge >= 0.3 is 0 Å². The first-order chi connectivity index (χ1) is 7.69. The first-order valence-corrected chi connectivity index (χ1v) is 5.96. The largest absolute Gasteiger partial charge is 0.205 e. The number of nitrogens with zero attached hydrogens (tertiary/aromatic N) is 1. The Labute approximate surface area is 101 Å². The molecule has 0 fully saturated rings. The molecule has 0 bridgehead atoms. The maximum Gasteiger partial charge on any atom is 0.150 e. The van der Waals surface area contributed by atoms with Gasteiger partial charge in [-0.1, -0.05) is 25.8 Å². The smallest absolute Gasteiger partial charge is 0.150 e. The molecule has 1 aromatic rings. The summed E-state index contributed by atoms with van der Waals surface area (Å²) in [6.07, 6.45) is 4.38. The van der Waals surface area contributed by atoms with E-state index in [1.807, 2.05) is 13.0 Å². The van der Waals surface area contributed by atoms with E-state index in [4.69, 9.17) is 0 Å².